The second-order valence-electron chi connectivity index (χ2n) is 2.35. The number of benzene rings is 2. The highest BCUT2D eigenvalue weighted by Gasteiger charge is 1.85. The van der Waals surface area contributed by atoms with Crippen LogP contribution < -0.4 is 0 Å². The molecule has 2 heteroatoms. The van der Waals surface area contributed by atoms with Gasteiger partial charge in [0.25, 0.3) is 0 Å². The topological polar surface area (TPSA) is 40.5 Å². The molecule has 0 bridgehead atoms. The lowest BCUT2D eigenvalue weighted by Crippen LogP contribution is -1.67. The molecule has 2 aromatic rings. The highest BCUT2D eigenvalue weighted by atomic mass is 17.0. The minimum absolute atomic E-state index is 1.31. The van der Waals surface area contributed by atoms with E-state index in [4.69, 9.17) is 10.5 Å². The molecule has 2 nitrogen and oxygen atoms in total. The average molecular weight is 162 g/mol. The SMILES string of the molecule is OO.c1ccc2ccccc2c1. The van der Waals surface area contributed by atoms with Crippen molar-refractivity contribution in [1.82, 2.24) is 0 Å². The van der Waals surface area contributed by atoms with Crippen LogP contribution in [0.2, 0.25) is 0 Å². The van der Waals surface area contributed by atoms with Gasteiger partial charge in [0, 0.05) is 0 Å². The fourth-order valence-electron chi connectivity index (χ4n) is 1.13. The lowest BCUT2D eigenvalue weighted by atomic mass is 10.1. The average Bonchev–Trinajstić information content (AvgIpc) is 2.21. The Bertz CT molecular complexity index is 279. The van der Waals surface area contributed by atoms with E-state index in [0.717, 1.165) is 0 Å². The minimum atomic E-state index is 1.31. The predicted octanol–water partition coefficient (Wildman–Crippen LogP) is 2.86. The van der Waals surface area contributed by atoms with Gasteiger partial charge in [0.05, 0.1) is 0 Å². The Kier molecular flexibility index (Phi) is 3.26. The van der Waals surface area contributed by atoms with Gasteiger partial charge in [-0.2, -0.15) is 0 Å². The van der Waals surface area contributed by atoms with E-state index in [-0.39, 0.29) is 0 Å². The number of rotatable bonds is 0. The molecule has 0 spiro atoms. The van der Waals surface area contributed by atoms with E-state index in [0.29, 0.717) is 0 Å². The molecule has 12 heavy (non-hydrogen) atoms. The number of fused-ring (bicyclic) bond motifs is 1. The molecule has 2 aromatic carbocycles. The molecule has 0 heterocycles. The van der Waals surface area contributed by atoms with Crippen LogP contribution in [0.3, 0.4) is 0 Å². The zero-order chi connectivity index (χ0) is 8.81. The molecule has 2 rings (SSSR count). The Morgan fingerprint density at radius 2 is 0.833 bits per heavy atom. The number of hydrogen-bond donors (Lipinski definition) is 2. The van der Waals surface area contributed by atoms with Crippen LogP contribution in [0.4, 0.5) is 0 Å². The van der Waals surface area contributed by atoms with Crippen LogP contribution in [0, 0.1) is 0 Å². The van der Waals surface area contributed by atoms with Crippen molar-refractivity contribution < 1.29 is 10.5 Å². The summed E-state index contributed by atoms with van der Waals surface area (Å²) in [4.78, 5) is 0. The maximum absolute atomic E-state index is 6.00. The zero-order valence-corrected chi connectivity index (χ0v) is 6.51. The summed E-state index contributed by atoms with van der Waals surface area (Å²) in [6, 6.07) is 16.7. The second kappa shape index (κ2) is 4.49. The molecule has 62 valence electrons. The number of hydrogen-bond acceptors (Lipinski definition) is 2. The van der Waals surface area contributed by atoms with Gasteiger partial charge in [0.15, 0.2) is 0 Å². The molecule has 0 atom stereocenters. The zero-order valence-electron chi connectivity index (χ0n) is 6.51. The molecule has 2 N–H and O–H groups in total. The Morgan fingerprint density at radius 3 is 1.08 bits per heavy atom. The monoisotopic (exact) mass is 162 g/mol. The summed E-state index contributed by atoms with van der Waals surface area (Å²) >= 11 is 0. The molecular weight excluding hydrogens is 152 g/mol. The third-order valence-electron chi connectivity index (χ3n) is 1.66. The molecular formula is C10H10O2. The van der Waals surface area contributed by atoms with Crippen molar-refractivity contribution in [2.45, 2.75) is 0 Å². The van der Waals surface area contributed by atoms with Gasteiger partial charge < -0.3 is 0 Å². The van der Waals surface area contributed by atoms with Crippen molar-refractivity contribution in [2.24, 2.45) is 0 Å². The molecule has 0 radical (unpaired) electrons. The summed E-state index contributed by atoms with van der Waals surface area (Å²) in [7, 11) is 0. The standard InChI is InChI=1S/C10H8.H2O2/c1-2-6-10-8-4-3-7-9(10)5-1;1-2/h1-8H;1-2H. The Morgan fingerprint density at radius 1 is 0.583 bits per heavy atom. The van der Waals surface area contributed by atoms with Crippen LogP contribution in [0.1, 0.15) is 0 Å². The summed E-state index contributed by atoms with van der Waals surface area (Å²) < 4.78 is 0. The van der Waals surface area contributed by atoms with Crippen LogP contribution >= 0.6 is 0 Å². The Hall–Kier alpha value is -1.38. The van der Waals surface area contributed by atoms with Crippen LogP contribution in [0.5, 0.6) is 0 Å². The molecule has 0 amide bonds. The van der Waals surface area contributed by atoms with E-state index in [1.807, 2.05) is 0 Å². The van der Waals surface area contributed by atoms with Gasteiger partial charge in [-0.05, 0) is 10.8 Å². The fourth-order valence-corrected chi connectivity index (χ4v) is 1.13. The molecule has 0 saturated heterocycles. The first-order valence-corrected chi connectivity index (χ1v) is 3.60. The van der Waals surface area contributed by atoms with Crippen molar-refractivity contribution in [3.05, 3.63) is 48.5 Å². The summed E-state index contributed by atoms with van der Waals surface area (Å²) in [6.07, 6.45) is 0. The van der Waals surface area contributed by atoms with Gasteiger partial charge in [-0.1, -0.05) is 48.5 Å². The Balaban J connectivity index is 0.000000336. The second-order valence-corrected chi connectivity index (χ2v) is 2.35. The van der Waals surface area contributed by atoms with Crippen molar-refractivity contribution in [3.8, 4) is 0 Å². The van der Waals surface area contributed by atoms with Crippen molar-refractivity contribution in [1.29, 1.82) is 0 Å². The van der Waals surface area contributed by atoms with Gasteiger partial charge >= 0.3 is 0 Å². The van der Waals surface area contributed by atoms with Crippen LogP contribution in [-0.4, -0.2) is 10.5 Å². The highest BCUT2D eigenvalue weighted by molar-refractivity contribution is 5.81. The lowest BCUT2D eigenvalue weighted by Gasteiger charge is -1.92. The first-order chi connectivity index (χ1) is 5.97. The van der Waals surface area contributed by atoms with Crippen LogP contribution in [0.25, 0.3) is 10.8 Å². The van der Waals surface area contributed by atoms with E-state index in [2.05, 4.69) is 48.5 Å². The molecule has 0 saturated carbocycles. The largest absolute Gasteiger partial charge is 0.255 e. The van der Waals surface area contributed by atoms with E-state index in [9.17, 15) is 0 Å². The summed E-state index contributed by atoms with van der Waals surface area (Å²) in [5.41, 5.74) is 0. The van der Waals surface area contributed by atoms with Gasteiger partial charge in [-0.3, -0.25) is 10.5 Å². The summed E-state index contributed by atoms with van der Waals surface area (Å²) in [6.45, 7) is 0. The molecule has 0 fully saturated rings. The van der Waals surface area contributed by atoms with Gasteiger partial charge in [0.2, 0.25) is 0 Å². The van der Waals surface area contributed by atoms with Gasteiger partial charge in [-0.25, -0.2) is 0 Å². The first kappa shape index (κ1) is 8.71. The van der Waals surface area contributed by atoms with Crippen LogP contribution in [-0.2, 0) is 0 Å². The van der Waals surface area contributed by atoms with Gasteiger partial charge in [0.1, 0.15) is 0 Å². The van der Waals surface area contributed by atoms with Crippen LogP contribution in [0.15, 0.2) is 48.5 Å². The summed E-state index contributed by atoms with van der Waals surface area (Å²) in [5, 5.41) is 14.6. The van der Waals surface area contributed by atoms with E-state index in [1.54, 1.807) is 0 Å². The maximum Gasteiger partial charge on any atom is -0.0184 e. The quantitative estimate of drug-likeness (QED) is 0.462. The first-order valence-electron chi connectivity index (χ1n) is 3.60. The summed E-state index contributed by atoms with van der Waals surface area (Å²) in [5.74, 6) is 0. The Labute approximate surface area is 70.6 Å². The van der Waals surface area contributed by atoms with E-state index in [1.165, 1.54) is 10.8 Å². The van der Waals surface area contributed by atoms with E-state index >= 15 is 0 Å². The third-order valence-corrected chi connectivity index (χ3v) is 1.66. The highest BCUT2D eigenvalue weighted by Crippen LogP contribution is 2.11. The lowest BCUT2D eigenvalue weighted by molar-refractivity contribution is -0.176. The van der Waals surface area contributed by atoms with Crippen molar-refractivity contribution in [2.75, 3.05) is 0 Å². The normalized spacial score (nSPS) is 8.83. The maximum atomic E-state index is 6.00. The fraction of sp³-hybridized carbons (Fsp3) is 0. The van der Waals surface area contributed by atoms with Crippen molar-refractivity contribution >= 4 is 10.8 Å². The molecule has 0 aliphatic carbocycles. The predicted molar refractivity (Wildman–Crippen MR) is 49.2 cm³/mol. The molecule has 0 unspecified atom stereocenters. The van der Waals surface area contributed by atoms with Gasteiger partial charge in [-0.15, -0.1) is 0 Å². The smallest absolute Gasteiger partial charge is 0.0184 e. The molecule has 0 aliphatic heterocycles. The van der Waals surface area contributed by atoms with Crippen molar-refractivity contribution in [3.63, 3.8) is 0 Å². The van der Waals surface area contributed by atoms with E-state index < -0.39 is 0 Å². The molecule has 0 aliphatic rings. The molecule has 0 aromatic heterocycles. The third kappa shape index (κ3) is 1.81. The minimum Gasteiger partial charge on any atom is -0.255 e.